The minimum Gasteiger partial charge on any atom is -0.405 e. The van der Waals surface area contributed by atoms with Crippen LogP contribution in [-0.2, 0) is 4.79 Å². The van der Waals surface area contributed by atoms with Crippen molar-refractivity contribution in [2.24, 2.45) is 0 Å². The molecular formula is C12H11F3O2. The van der Waals surface area contributed by atoms with Crippen molar-refractivity contribution in [1.82, 2.24) is 0 Å². The van der Waals surface area contributed by atoms with Gasteiger partial charge in [0.15, 0.2) is 0 Å². The highest BCUT2D eigenvalue weighted by Crippen LogP contribution is 2.38. The second-order valence-electron chi connectivity index (χ2n) is 4.00. The van der Waals surface area contributed by atoms with Crippen LogP contribution in [0.25, 0.3) is 0 Å². The number of ketones is 1. The molecule has 1 unspecified atom stereocenters. The fourth-order valence-corrected chi connectivity index (χ4v) is 2.13. The van der Waals surface area contributed by atoms with E-state index in [1.165, 1.54) is 18.2 Å². The Morgan fingerprint density at radius 1 is 1.24 bits per heavy atom. The second kappa shape index (κ2) is 4.39. The molecule has 0 amide bonds. The zero-order valence-corrected chi connectivity index (χ0v) is 8.96. The molecule has 0 heterocycles. The van der Waals surface area contributed by atoms with Crippen LogP contribution in [0.4, 0.5) is 13.2 Å². The summed E-state index contributed by atoms with van der Waals surface area (Å²) in [6, 6.07) is 5.84. The van der Waals surface area contributed by atoms with Gasteiger partial charge in [-0.3, -0.25) is 4.79 Å². The molecule has 1 saturated carbocycles. The van der Waals surface area contributed by atoms with Gasteiger partial charge in [-0.05, 0) is 18.9 Å². The van der Waals surface area contributed by atoms with Crippen molar-refractivity contribution >= 4 is 5.78 Å². The zero-order valence-electron chi connectivity index (χ0n) is 8.96. The van der Waals surface area contributed by atoms with E-state index in [0.717, 1.165) is 6.42 Å². The van der Waals surface area contributed by atoms with Crippen LogP contribution in [0.2, 0.25) is 0 Å². The van der Waals surface area contributed by atoms with Crippen molar-refractivity contribution in [1.29, 1.82) is 0 Å². The highest BCUT2D eigenvalue weighted by Gasteiger charge is 2.35. The Balaban J connectivity index is 2.30. The number of halogens is 3. The summed E-state index contributed by atoms with van der Waals surface area (Å²) in [5.74, 6) is -0.725. The Morgan fingerprint density at radius 2 is 1.94 bits per heavy atom. The maximum absolute atomic E-state index is 12.2. The number of carbonyl (C=O) groups excluding carboxylic acids is 1. The first-order valence-corrected chi connectivity index (χ1v) is 5.35. The first-order valence-electron chi connectivity index (χ1n) is 5.35. The summed E-state index contributed by atoms with van der Waals surface area (Å²) in [4.78, 5) is 11.6. The second-order valence-corrected chi connectivity index (χ2v) is 4.00. The third-order valence-electron chi connectivity index (χ3n) is 2.82. The summed E-state index contributed by atoms with van der Waals surface area (Å²) in [6.45, 7) is 0. The molecule has 0 aliphatic heterocycles. The Morgan fingerprint density at radius 3 is 2.53 bits per heavy atom. The monoisotopic (exact) mass is 244 g/mol. The third-order valence-corrected chi connectivity index (χ3v) is 2.82. The highest BCUT2D eigenvalue weighted by molar-refractivity contribution is 5.88. The molecule has 1 aromatic carbocycles. The van der Waals surface area contributed by atoms with E-state index in [0.29, 0.717) is 18.4 Å². The summed E-state index contributed by atoms with van der Waals surface area (Å²) in [7, 11) is 0. The smallest absolute Gasteiger partial charge is 0.405 e. The van der Waals surface area contributed by atoms with Crippen molar-refractivity contribution < 1.29 is 22.7 Å². The molecule has 1 fully saturated rings. The molecule has 1 atom stereocenters. The van der Waals surface area contributed by atoms with Gasteiger partial charge in [0.2, 0.25) is 0 Å². The van der Waals surface area contributed by atoms with E-state index in [9.17, 15) is 18.0 Å². The minimum absolute atomic E-state index is 0.0109. The number of hydrogen-bond acceptors (Lipinski definition) is 2. The van der Waals surface area contributed by atoms with Gasteiger partial charge >= 0.3 is 6.36 Å². The fourth-order valence-electron chi connectivity index (χ4n) is 2.13. The van der Waals surface area contributed by atoms with Gasteiger partial charge in [-0.25, -0.2) is 0 Å². The summed E-state index contributed by atoms with van der Waals surface area (Å²) >= 11 is 0. The van der Waals surface area contributed by atoms with E-state index in [2.05, 4.69) is 4.74 Å². The number of para-hydroxylation sites is 1. The summed E-state index contributed by atoms with van der Waals surface area (Å²) in [5, 5.41) is 0. The van der Waals surface area contributed by atoms with Crippen LogP contribution in [0.3, 0.4) is 0 Å². The van der Waals surface area contributed by atoms with Crippen LogP contribution in [0, 0.1) is 0 Å². The largest absolute Gasteiger partial charge is 0.573 e. The molecule has 2 rings (SSSR count). The van der Waals surface area contributed by atoms with Crippen molar-refractivity contribution in [3.63, 3.8) is 0 Å². The van der Waals surface area contributed by atoms with E-state index in [1.54, 1.807) is 6.07 Å². The van der Waals surface area contributed by atoms with Crippen LogP contribution < -0.4 is 4.74 Å². The average molecular weight is 244 g/mol. The molecule has 0 radical (unpaired) electrons. The maximum Gasteiger partial charge on any atom is 0.573 e. The minimum atomic E-state index is -4.72. The predicted octanol–water partition coefficient (Wildman–Crippen LogP) is 3.42. The highest BCUT2D eigenvalue weighted by atomic mass is 19.4. The molecule has 5 heteroatoms. The predicted molar refractivity (Wildman–Crippen MR) is 54.7 cm³/mol. The van der Waals surface area contributed by atoms with Crippen LogP contribution in [0.5, 0.6) is 5.75 Å². The zero-order chi connectivity index (χ0) is 12.5. The van der Waals surface area contributed by atoms with E-state index in [4.69, 9.17) is 0 Å². The molecule has 17 heavy (non-hydrogen) atoms. The number of rotatable bonds is 2. The number of hydrogen-bond donors (Lipinski definition) is 0. The van der Waals surface area contributed by atoms with Crippen LogP contribution in [-0.4, -0.2) is 12.1 Å². The van der Waals surface area contributed by atoms with Crippen molar-refractivity contribution in [2.45, 2.75) is 31.5 Å². The van der Waals surface area contributed by atoms with E-state index < -0.39 is 12.3 Å². The van der Waals surface area contributed by atoms with Crippen molar-refractivity contribution in [3.05, 3.63) is 29.8 Å². The van der Waals surface area contributed by atoms with Crippen molar-refractivity contribution in [2.75, 3.05) is 0 Å². The Kier molecular flexibility index (Phi) is 3.09. The van der Waals surface area contributed by atoms with Gasteiger partial charge < -0.3 is 4.74 Å². The fraction of sp³-hybridized carbons (Fsp3) is 0.417. The topological polar surface area (TPSA) is 26.3 Å². The van der Waals surface area contributed by atoms with Gasteiger partial charge in [0.05, 0.1) is 0 Å². The lowest BCUT2D eigenvalue weighted by Crippen LogP contribution is -2.19. The SMILES string of the molecule is O=C1CCCC1c1ccccc1OC(F)(F)F. The van der Waals surface area contributed by atoms with Crippen LogP contribution in [0.15, 0.2) is 24.3 Å². The molecule has 0 saturated heterocycles. The van der Waals surface area contributed by atoms with Gasteiger partial charge in [0, 0.05) is 17.9 Å². The first kappa shape index (κ1) is 12.0. The van der Waals surface area contributed by atoms with Crippen LogP contribution in [0.1, 0.15) is 30.7 Å². The molecular weight excluding hydrogens is 233 g/mol. The number of benzene rings is 1. The molecule has 92 valence electrons. The molecule has 1 aliphatic carbocycles. The summed E-state index contributed by atoms with van der Waals surface area (Å²) in [6.07, 6.45) is -2.97. The summed E-state index contributed by atoms with van der Waals surface area (Å²) in [5.41, 5.74) is 0.340. The van der Waals surface area contributed by atoms with E-state index in [-0.39, 0.29) is 11.5 Å². The quantitative estimate of drug-likeness (QED) is 0.796. The lowest BCUT2D eigenvalue weighted by Gasteiger charge is -2.16. The summed E-state index contributed by atoms with van der Waals surface area (Å²) < 4.78 is 40.5. The van der Waals surface area contributed by atoms with Crippen molar-refractivity contribution in [3.8, 4) is 5.75 Å². The van der Waals surface area contributed by atoms with Crippen LogP contribution >= 0.6 is 0 Å². The van der Waals surface area contributed by atoms with Gasteiger partial charge in [-0.15, -0.1) is 13.2 Å². The number of ether oxygens (including phenoxy) is 1. The van der Waals surface area contributed by atoms with E-state index >= 15 is 0 Å². The molecule has 1 aromatic rings. The van der Waals surface area contributed by atoms with Gasteiger partial charge in [-0.1, -0.05) is 18.2 Å². The number of carbonyl (C=O) groups is 1. The van der Waals surface area contributed by atoms with Gasteiger partial charge in [0.25, 0.3) is 0 Å². The number of alkyl halides is 3. The first-order chi connectivity index (χ1) is 7.97. The average Bonchev–Trinajstić information content (AvgIpc) is 2.63. The Hall–Kier alpha value is -1.52. The normalized spacial score (nSPS) is 20.6. The van der Waals surface area contributed by atoms with Gasteiger partial charge in [0.1, 0.15) is 11.5 Å². The Bertz CT molecular complexity index is 426. The third kappa shape index (κ3) is 2.78. The standard InChI is InChI=1S/C12H11F3O2/c13-12(14,15)17-11-7-2-1-4-9(11)8-5-3-6-10(8)16/h1-2,4,7-8H,3,5-6H2. The lowest BCUT2D eigenvalue weighted by molar-refractivity contribution is -0.275. The lowest BCUT2D eigenvalue weighted by atomic mass is 9.96. The molecule has 0 spiro atoms. The molecule has 2 nitrogen and oxygen atoms in total. The van der Waals surface area contributed by atoms with E-state index in [1.807, 2.05) is 0 Å². The molecule has 0 bridgehead atoms. The molecule has 0 aromatic heterocycles. The Labute approximate surface area is 96.4 Å². The maximum atomic E-state index is 12.2. The molecule has 1 aliphatic rings. The van der Waals surface area contributed by atoms with Gasteiger partial charge in [-0.2, -0.15) is 0 Å². The number of Topliss-reactive ketones (excluding diaryl/α,β-unsaturated/α-hetero) is 1. The molecule has 0 N–H and O–H groups in total.